The van der Waals surface area contributed by atoms with Crippen molar-refractivity contribution in [3.05, 3.63) is 56.9 Å². The Morgan fingerprint density at radius 3 is 1.97 bits per heavy atom. The molecular weight excluding hydrogens is 444 g/mol. The molecule has 2 aromatic rings. The highest BCUT2D eigenvalue weighted by Crippen LogP contribution is 2.48. The lowest BCUT2D eigenvalue weighted by molar-refractivity contribution is -0.385. The number of hydrogen-bond donors (Lipinski definition) is 0. The molecule has 0 N–H and O–H groups in total. The van der Waals surface area contributed by atoms with Crippen LogP contribution in [-0.4, -0.2) is 27.1 Å². The van der Waals surface area contributed by atoms with E-state index in [1.54, 1.807) is 0 Å². The molecule has 5 nitrogen and oxygen atoms in total. The standard InChI is InChI=1S/C15H9F10N3O2/c1-7-8(3-2-4-9(7)28(29)30)6-27-11(13(18,19)15(23,24)25)5-10(26-27)12(16,17)14(20,21)22/h2-5H,6H2,1H3. The van der Waals surface area contributed by atoms with Crippen molar-refractivity contribution in [2.45, 2.75) is 37.7 Å². The van der Waals surface area contributed by atoms with E-state index in [9.17, 15) is 54.0 Å². The van der Waals surface area contributed by atoms with Crippen molar-refractivity contribution in [2.24, 2.45) is 0 Å². The van der Waals surface area contributed by atoms with E-state index in [0.29, 0.717) is 0 Å². The molecule has 1 aromatic heterocycles. The maximum atomic E-state index is 13.8. The van der Waals surface area contributed by atoms with Gasteiger partial charge >= 0.3 is 24.2 Å². The van der Waals surface area contributed by atoms with Gasteiger partial charge in [0.05, 0.1) is 11.5 Å². The fraction of sp³-hybridized carbons (Fsp3) is 0.400. The van der Waals surface area contributed by atoms with Gasteiger partial charge in [-0.05, 0) is 18.6 Å². The Kier molecular flexibility index (Phi) is 5.56. The van der Waals surface area contributed by atoms with Crippen LogP contribution in [0.4, 0.5) is 49.6 Å². The monoisotopic (exact) mass is 453 g/mol. The molecule has 0 radical (unpaired) electrons. The fourth-order valence-electron chi connectivity index (χ4n) is 2.43. The molecular formula is C15H9F10N3O2. The first-order valence-corrected chi connectivity index (χ1v) is 7.62. The first kappa shape index (κ1) is 23.4. The summed E-state index contributed by atoms with van der Waals surface area (Å²) in [5, 5.41) is 13.6. The number of nitro groups is 1. The van der Waals surface area contributed by atoms with Crippen LogP contribution in [0.5, 0.6) is 0 Å². The third-order valence-corrected chi connectivity index (χ3v) is 4.07. The highest BCUT2D eigenvalue weighted by molar-refractivity contribution is 5.44. The minimum absolute atomic E-state index is 0.233. The quantitative estimate of drug-likeness (QED) is 0.344. The first-order valence-electron chi connectivity index (χ1n) is 7.62. The number of rotatable bonds is 5. The molecule has 1 aromatic carbocycles. The van der Waals surface area contributed by atoms with Gasteiger partial charge in [0.25, 0.3) is 5.69 Å². The zero-order valence-corrected chi connectivity index (χ0v) is 14.5. The van der Waals surface area contributed by atoms with Gasteiger partial charge in [0.15, 0.2) is 0 Å². The molecule has 166 valence electrons. The summed E-state index contributed by atoms with van der Waals surface area (Å²) >= 11 is 0. The van der Waals surface area contributed by atoms with Gasteiger partial charge in [-0.2, -0.15) is 49.0 Å². The maximum Gasteiger partial charge on any atom is 0.459 e. The van der Waals surface area contributed by atoms with Gasteiger partial charge in [0.2, 0.25) is 0 Å². The summed E-state index contributed by atoms with van der Waals surface area (Å²) < 4.78 is 130. The van der Waals surface area contributed by atoms with Gasteiger partial charge in [-0.25, -0.2) is 0 Å². The number of nitrogens with zero attached hydrogens (tertiary/aromatic N) is 3. The Morgan fingerprint density at radius 1 is 0.967 bits per heavy atom. The van der Waals surface area contributed by atoms with E-state index in [-0.39, 0.29) is 15.8 Å². The average Bonchev–Trinajstić information content (AvgIpc) is 2.99. The van der Waals surface area contributed by atoms with Crippen LogP contribution in [-0.2, 0) is 18.4 Å². The molecule has 1 heterocycles. The minimum atomic E-state index is -6.34. The summed E-state index contributed by atoms with van der Waals surface area (Å²) in [7, 11) is 0. The van der Waals surface area contributed by atoms with Crippen molar-refractivity contribution in [1.82, 2.24) is 9.78 Å². The summed E-state index contributed by atoms with van der Waals surface area (Å²) in [6, 6.07) is 2.34. The topological polar surface area (TPSA) is 61.0 Å². The van der Waals surface area contributed by atoms with Crippen LogP contribution in [0.3, 0.4) is 0 Å². The van der Waals surface area contributed by atoms with E-state index in [2.05, 4.69) is 5.10 Å². The number of hydrogen-bond acceptors (Lipinski definition) is 3. The molecule has 0 bridgehead atoms. The molecule has 0 amide bonds. The molecule has 0 atom stereocenters. The number of aromatic nitrogens is 2. The molecule has 0 saturated carbocycles. The smallest absolute Gasteiger partial charge is 0.258 e. The van der Waals surface area contributed by atoms with E-state index in [4.69, 9.17) is 0 Å². The lowest BCUT2D eigenvalue weighted by Gasteiger charge is -2.20. The molecule has 2 rings (SSSR count). The van der Waals surface area contributed by atoms with Crippen LogP contribution in [0.1, 0.15) is 22.5 Å². The molecule has 15 heteroatoms. The summed E-state index contributed by atoms with van der Waals surface area (Å²) in [6.45, 7) is -0.0772. The summed E-state index contributed by atoms with van der Waals surface area (Å²) in [5.74, 6) is -11.7. The Hall–Kier alpha value is -2.87. The third-order valence-electron chi connectivity index (χ3n) is 4.07. The van der Waals surface area contributed by atoms with E-state index >= 15 is 0 Å². The van der Waals surface area contributed by atoms with Crippen LogP contribution >= 0.6 is 0 Å². The van der Waals surface area contributed by atoms with E-state index in [0.717, 1.165) is 25.1 Å². The second kappa shape index (κ2) is 7.12. The van der Waals surface area contributed by atoms with E-state index in [1.165, 1.54) is 0 Å². The Balaban J connectivity index is 2.70. The summed E-state index contributed by atoms with van der Waals surface area (Å²) in [5.41, 5.74) is -5.77. The minimum Gasteiger partial charge on any atom is -0.258 e. The highest BCUT2D eigenvalue weighted by atomic mass is 19.4. The van der Waals surface area contributed by atoms with Crippen LogP contribution in [0.25, 0.3) is 0 Å². The number of benzene rings is 1. The molecule has 0 saturated heterocycles. The molecule has 0 aliphatic carbocycles. The van der Waals surface area contributed by atoms with Crippen molar-refractivity contribution < 1.29 is 48.8 Å². The highest BCUT2D eigenvalue weighted by Gasteiger charge is 2.64. The van der Waals surface area contributed by atoms with Gasteiger partial charge in [0, 0.05) is 11.6 Å². The van der Waals surface area contributed by atoms with Crippen LogP contribution in [0, 0.1) is 17.0 Å². The van der Waals surface area contributed by atoms with Crippen LogP contribution in [0.2, 0.25) is 0 Å². The second-order valence-corrected chi connectivity index (χ2v) is 6.04. The zero-order chi connectivity index (χ0) is 23.3. The molecule has 0 unspecified atom stereocenters. The van der Waals surface area contributed by atoms with Gasteiger partial charge in [-0.3, -0.25) is 14.8 Å². The molecule has 30 heavy (non-hydrogen) atoms. The van der Waals surface area contributed by atoms with Crippen molar-refractivity contribution in [2.75, 3.05) is 0 Å². The molecule has 0 spiro atoms. The lowest BCUT2D eigenvalue weighted by atomic mass is 10.1. The maximum absolute atomic E-state index is 13.8. The molecule has 0 fully saturated rings. The third kappa shape index (κ3) is 3.92. The van der Waals surface area contributed by atoms with E-state index in [1.807, 2.05) is 0 Å². The van der Waals surface area contributed by atoms with Gasteiger partial charge in [-0.1, -0.05) is 12.1 Å². The average molecular weight is 453 g/mol. The molecule has 0 aliphatic heterocycles. The van der Waals surface area contributed by atoms with Gasteiger partial charge in [-0.15, -0.1) is 0 Å². The van der Waals surface area contributed by atoms with Crippen molar-refractivity contribution >= 4 is 5.69 Å². The van der Waals surface area contributed by atoms with Gasteiger partial charge < -0.3 is 0 Å². The molecule has 0 aliphatic rings. The van der Waals surface area contributed by atoms with E-state index < -0.39 is 58.8 Å². The van der Waals surface area contributed by atoms with Crippen LogP contribution in [0.15, 0.2) is 24.3 Å². The summed E-state index contributed by atoms with van der Waals surface area (Å²) in [6.07, 6.45) is -12.7. The lowest BCUT2D eigenvalue weighted by Crippen LogP contribution is -2.36. The number of alkyl halides is 10. The van der Waals surface area contributed by atoms with Crippen molar-refractivity contribution in [3.63, 3.8) is 0 Å². The Morgan fingerprint density at radius 2 is 1.50 bits per heavy atom. The SMILES string of the molecule is Cc1c(Cn2nc(C(F)(F)C(F)(F)F)cc2C(F)(F)C(F)(F)F)cccc1[N+](=O)[O-]. The fourth-order valence-corrected chi connectivity index (χ4v) is 2.43. The summed E-state index contributed by atoms with van der Waals surface area (Å²) in [4.78, 5) is 10.0. The van der Waals surface area contributed by atoms with Crippen LogP contribution < -0.4 is 0 Å². The Labute approximate surface area is 160 Å². The normalized spacial score (nSPS) is 13.6. The number of nitro benzene ring substituents is 1. The van der Waals surface area contributed by atoms with Gasteiger partial charge in [0.1, 0.15) is 11.4 Å². The van der Waals surface area contributed by atoms with Crippen molar-refractivity contribution in [3.8, 4) is 0 Å². The van der Waals surface area contributed by atoms with Crippen molar-refractivity contribution in [1.29, 1.82) is 0 Å². The zero-order valence-electron chi connectivity index (χ0n) is 14.5. The number of halogens is 10. The largest absolute Gasteiger partial charge is 0.459 e. The first-order chi connectivity index (χ1) is 13.4. The second-order valence-electron chi connectivity index (χ2n) is 6.04. The predicted molar refractivity (Wildman–Crippen MR) is 79.1 cm³/mol. The predicted octanol–water partition coefficient (Wildman–Crippen LogP) is 5.46. The Bertz CT molecular complexity index is 963.